The van der Waals surface area contributed by atoms with Crippen LogP contribution in [0.1, 0.15) is 37.8 Å². The second-order valence-corrected chi connectivity index (χ2v) is 11.2. The molecule has 1 aromatic heterocycles. The predicted molar refractivity (Wildman–Crippen MR) is 116 cm³/mol. The minimum absolute atomic E-state index is 0.0236. The SMILES string of the molecule is Cc1cc(=O)oc2c3c(cc(OCC(=O)N(C)C4CCS(=O)(=O)C4)c12)OC(C)(C)CC3. The number of benzene rings is 1. The first-order valence-corrected chi connectivity index (χ1v) is 12.2. The first-order valence-electron chi connectivity index (χ1n) is 10.3. The molecule has 0 aliphatic carbocycles. The zero-order chi connectivity index (χ0) is 22.6. The van der Waals surface area contributed by atoms with E-state index < -0.39 is 15.5 Å². The van der Waals surface area contributed by atoms with Crippen LogP contribution in [0.25, 0.3) is 11.0 Å². The number of aryl methyl sites for hydroxylation is 2. The average Bonchev–Trinajstić information content (AvgIpc) is 3.03. The summed E-state index contributed by atoms with van der Waals surface area (Å²) in [4.78, 5) is 26.2. The minimum atomic E-state index is -3.09. The van der Waals surface area contributed by atoms with Gasteiger partial charge in [-0.25, -0.2) is 13.2 Å². The fourth-order valence-corrected chi connectivity index (χ4v) is 6.03. The molecule has 1 aromatic carbocycles. The van der Waals surface area contributed by atoms with Crippen molar-refractivity contribution in [3.8, 4) is 11.5 Å². The molecule has 1 atom stereocenters. The number of carbonyl (C=O) groups excluding carboxylic acids is 1. The molecule has 1 amide bonds. The van der Waals surface area contributed by atoms with Crippen molar-refractivity contribution >= 4 is 26.7 Å². The van der Waals surface area contributed by atoms with Crippen molar-refractivity contribution in [3.63, 3.8) is 0 Å². The largest absolute Gasteiger partial charge is 0.487 e. The zero-order valence-corrected chi connectivity index (χ0v) is 19.0. The van der Waals surface area contributed by atoms with Crippen LogP contribution < -0.4 is 15.1 Å². The van der Waals surface area contributed by atoms with E-state index in [-0.39, 0.29) is 35.7 Å². The second-order valence-electron chi connectivity index (χ2n) is 9.02. The zero-order valence-electron chi connectivity index (χ0n) is 18.2. The maximum absolute atomic E-state index is 12.7. The van der Waals surface area contributed by atoms with Crippen molar-refractivity contribution < 1.29 is 27.1 Å². The van der Waals surface area contributed by atoms with Crippen molar-refractivity contribution in [3.05, 3.63) is 33.7 Å². The minimum Gasteiger partial charge on any atom is -0.487 e. The van der Waals surface area contributed by atoms with Crippen molar-refractivity contribution in [2.24, 2.45) is 0 Å². The standard InChI is InChI=1S/C22H27NO7S/c1-13-9-19(25)29-21-15-5-7-22(2,3)30-16(15)10-17(20(13)21)28-11-18(24)23(4)14-6-8-31(26,27)12-14/h9-10,14H,5-8,11-12H2,1-4H3. The smallest absolute Gasteiger partial charge is 0.336 e. The quantitative estimate of drug-likeness (QED) is 0.660. The van der Waals surface area contributed by atoms with E-state index in [1.807, 2.05) is 13.8 Å². The van der Waals surface area contributed by atoms with Gasteiger partial charge in [0.1, 0.15) is 22.7 Å². The number of ether oxygens (including phenoxy) is 2. The van der Waals surface area contributed by atoms with Crippen LogP contribution in [0.3, 0.4) is 0 Å². The number of nitrogens with zero attached hydrogens (tertiary/aromatic N) is 1. The number of carbonyl (C=O) groups is 1. The average molecular weight is 450 g/mol. The van der Waals surface area contributed by atoms with Gasteiger partial charge in [0.05, 0.1) is 16.9 Å². The third kappa shape index (κ3) is 4.28. The monoisotopic (exact) mass is 449 g/mol. The summed E-state index contributed by atoms with van der Waals surface area (Å²) in [6, 6.07) is 2.80. The van der Waals surface area contributed by atoms with Crippen molar-refractivity contribution in [1.82, 2.24) is 4.90 Å². The van der Waals surface area contributed by atoms with Crippen molar-refractivity contribution in [1.29, 1.82) is 0 Å². The lowest BCUT2D eigenvalue weighted by Crippen LogP contribution is -2.40. The Morgan fingerprint density at radius 3 is 2.74 bits per heavy atom. The van der Waals surface area contributed by atoms with Gasteiger partial charge >= 0.3 is 5.63 Å². The van der Waals surface area contributed by atoms with Gasteiger partial charge in [-0.2, -0.15) is 0 Å². The molecule has 0 saturated carbocycles. The van der Waals surface area contributed by atoms with Gasteiger partial charge in [-0.1, -0.05) is 0 Å². The highest BCUT2D eigenvalue weighted by Gasteiger charge is 2.33. The van der Waals surface area contributed by atoms with Gasteiger partial charge in [0.25, 0.3) is 5.91 Å². The summed E-state index contributed by atoms with van der Waals surface area (Å²) in [6.45, 7) is 5.51. The van der Waals surface area contributed by atoms with Gasteiger partial charge in [0.15, 0.2) is 16.4 Å². The highest BCUT2D eigenvalue weighted by molar-refractivity contribution is 7.91. The number of rotatable bonds is 4. The molecule has 8 nitrogen and oxygen atoms in total. The first kappa shape index (κ1) is 21.7. The lowest BCUT2D eigenvalue weighted by molar-refractivity contribution is -0.133. The normalized spacial score (nSPS) is 21.4. The molecular formula is C22H27NO7S. The molecule has 31 heavy (non-hydrogen) atoms. The van der Waals surface area contributed by atoms with Gasteiger partial charge in [0, 0.05) is 30.8 Å². The molecule has 1 fully saturated rings. The van der Waals surface area contributed by atoms with Gasteiger partial charge in [-0.05, 0) is 45.6 Å². The van der Waals surface area contributed by atoms with Crippen LogP contribution in [0.4, 0.5) is 0 Å². The molecule has 1 unspecified atom stereocenters. The van der Waals surface area contributed by atoms with Crippen molar-refractivity contribution in [2.45, 2.75) is 51.7 Å². The highest BCUT2D eigenvalue weighted by atomic mass is 32.2. The number of amides is 1. The fourth-order valence-electron chi connectivity index (χ4n) is 4.26. The van der Waals surface area contributed by atoms with Gasteiger partial charge in [0.2, 0.25) is 0 Å². The molecule has 2 aliphatic rings. The summed E-state index contributed by atoms with van der Waals surface area (Å²) in [6.07, 6.45) is 1.91. The van der Waals surface area contributed by atoms with Crippen LogP contribution in [0, 0.1) is 6.92 Å². The van der Waals surface area contributed by atoms with Crippen LogP contribution in [0.2, 0.25) is 0 Å². The van der Waals surface area contributed by atoms with Gasteiger partial charge < -0.3 is 18.8 Å². The number of likely N-dealkylation sites (N-methyl/N-ethyl adjacent to an activating group) is 1. The molecule has 0 radical (unpaired) electrons. The van der Waals surface area contributed by atoms with Crippen LogP contribution in [-0.2, 0) is 21.1 Å². The first-order chi connectivity index (χ1) is 14.5. The number of hydrogen-bond donors (Lipinski definition) is 0. The summed E-state index contributed by atoms with van der Waals surface area (Å²) in [7, 11) is -1.50. The Hall–Kier alpha value is -2.55. The van der Waals surface area contributed by atoms with Crippen LogP contribution in [0.15, 0.2) is 21.3 Å². The summed E-state index contributed by atoms with van der Waals surface area (Å²) >= 11 is 0. The lowest BCUT2D eigenvalue weighted by atomic mass is 9.92. The fraction of sp³-hybridized carbons (Fsp3) is 0.545. The Morgan fingerprint density at radius 1 is 1.32 bits per heavy atom. The van der Waals surface area contributed by atoms with Crippen LogP contribution >= 0.6 is 0 Å². The maximum atomic E-state index is 12.7. The third-order valence-electron chi connectivity index (χ3n) is 6.10. The lowest BCUT2D eigenvalue weighted by Gasteiger charge is -2.33. The summed E-state index contributed by atoms with van der Waals surface area (Å²) < 4.78 is 41.0. The molecule has 168 valence electrons. The molecule has 0 N–H and O–H groups in total. The summed E-state index contributed by atoms with van der Waals surface area (Å²) in [5.74, 6) is 0.731. The van der Waals surface area contributed by atoms with Crippen molar-refractivity contribution in [2.75, 3.05) is 25.2 Å². The van der Waals surface area contributed by atoms with Crippen LogP contribution in [-0.4, -0.2) is 56.0 Å². The van der Waals surface area contributed by atoms with E-state index in [1.165, 1.54) is 11.0 Å². The second kappa shape index (κ2) is 7.55. The van der Waals surface area contributed by atoms with Gasteiger partial charge in [-0.3, -0.25) is 4.79 Å². The Bertz CT molecular complexity index is 1210. The predicted octanol–water partition coefficient (Wildman–Crippen LogP) is 2.23. The Balaban J connectivity index is 1.64. The molecule has 0 spiro atoms. The topological polar surface area (TPSA) is 103 Å². The molecule has 2 aliphatic heterocycles. The Labute approximate surface area is 181 Å². The van der Waals surface area contributed by atoms with E-state index in [4.69, 9.17) is 13.9 Å². The highest BCUT2D eigenvalue weighted by Crippen LogP contribution is 2.42. The Kier molecular flexibility index (Phi) is 5.28. The van der Waals surface area contributed by atoms with E-state index in [0.717, 1.165) is 12.0 Å². The molecule has 2 aromatic rings. The van der Waals surface area contributed by atoms with E-state index in [9.17, 15) is 18.0 Å². The number of sulfone groups is 1. The molecule has 0 bridgehead atoms. The molecule has 4 rings (SSSR count). The summed E-state index contributed by atoms with van der Waals surface area (Å²) in [5.41, 5.74) is 1.12. The summed E-state index contributed by atoms with van der Waals surface area (Å²) in [5, 5.41) is 0.639. The van der Waals surface area contributed by atoms with E-state index in [2.05, 4.69) is 0 Å². The maximum Gasteiger partial charge on any atom is 0.336 e. The molecule has 9 heteroatoms. The van der Waals surface area contributed by atoms with Gasteiger partial charge in [-0.15, -0.1) is 0 Å². The number of fused-ring (bicyclic) bond motifs is 3. The van der Waals surface area contributed by atoms with E-state index in [0.29, 0.717) is 40.9 Å². The third-order valence-corrected chi connectivity index (χ3v) is 7.85. The van der Waals surface area contributed by atoms with Crippen LogP contribution in [0.5, 0.6) is 11.5 Å². The molecule has 1 saturated heterocycles. The van der Waals surface area contributed by atoms with E-state index in [1.54, 1.807) is 20.0 Å². The van der Waals surface area contributed by atoms with E-state index >= 15 is 0 Å². The molecular weight excluding hydrogens is 422 g/mol. The molecule has 3 heterocycles. The Morgan fingerprint density at radius 2 is 2.06 bits per heavy atom. The number of hydrogen-bond acceptors (Lipinski definition) is 7.